The quantitative estimate of drug-likeness (QED) is 0.824. The summed E-state index contributed by atoms with van der Waals surface area (Å²) in [4.78, 5) is 1.37. The normalized spacial score (nSPS) is 12.3. The van der Waals surface area contributed by atoms with Gasteiger partial charge in [-0.05, 0) is 36.9 Å². The Balaban J connectivity index is 1.78. The van der Waals surface area contributed by atoms with Crippen LogP contribution in [-0.2, 0) is 6.54 Å². The van der Waals surface area contributed by atoms with Gasteiger partial charge in [0.1, 0.15) is 11.9 Å². The number of aryl methyl sites for hydroxylation is 1. The Hall–Kier alpha value is -1.32. The van der Waals surface area contributed by atoms with Crippen LogP contribution in [0.2, 0.25) is 0 Å². The molecule has 0 radical (unpaired) electrons. The molecule has 1 aromatic carbocycles. The van der Waals surface area contributed by atoms with Crippen LogP contribution in [0.4, 0.5) is 0 Å². The highest BCUT2D eigenvalue weighted by Gasteiger charge is 2.07. The molecular weight excluding hydrogens is 254 g/mol. The average Bonchev–Trinajstić information content (AvgIpc) is 2.93. The number of hydrogen-bond donors (Lipinski definition) is 1. The monoisotopic (exact) mass is 275 g/mol. The highest BCUT2D eigenvalue weighted by molar-refractivity contribution is 7.09. The van der Waals surface area contributed by atoms with E-state index in [1.807, 2.05) is 12.1 Å². The molecule has 0 aliphatic rings. The van der Waals surface area contributed by atoms with Gasteiger partial charge >= 0.3 is 0 Å². The molecule has 0 aliphatic carbocycles. The van der Waals surface area contributed by atoms with Crippen molar-refractivity contribution < 1.29 is 4.74 Å². The number of benzene rings is 1. The highest BCUT2D eigenvalue weighted by atomic mass is 32.1. The Kier molecular flexibility index (Phi) is 5.43. The zero-order chi connectivity index (χ0) is 13.5. The fourth-order valence-electron chi connectivity index (χ4n) is 1.85. The summed E-state index contributed by atoms with van der Waals surface area (Å²) in [5.74, 6) is 0.954. The van der Waals surface area contributed by atoms with Crippen LogP contribution in [0.25, 0.3) is 0 Å². The highest BCUT2D eigenvalue weighted by Crippen LogP contribution is 2.14. The molecule has 0 amide bonds. The zero-order valence-corrected chi connectivity index (χ0v) is 12.4. The maximum Gasteiger partial charge on any atom is 0.119 e. The van der Waals surface area contributed by atoms with Gasteiger partial charge in [0.25, 0.3) is 0 Å². The van der Waals surface area contributed by atoms with Gasteiger partial charge in [-0.15, -0.1) is 11.3 Å². The van der Waals surface area contributed by atoms with Crippen molar-refractivity contribution in [3.8, 4) is 5.75 Å². The Morgan fingerprint density at radius 2 is 2.00 bits per heavy atom. The fraction of sp³-hybridized carbons (Fsp3) is 0.375. The third kappa shape index (κ3) is 4.69. The van der Waals surface area contributed by atoms with Crippen molar-refractivity contribution in [3.63, 3.8) is 0 Å². The molecule has 0 saturated carbocycles. The van der Waals surface area contributed by atoms with Crippen LogP contribution in [0.1, 0.15) is 23.8 Å². The second-order valence-corrected chi connectivity index (χ2v) is 5.70. The van der Waals surface area contributed by atoms with Crippen molar-refractivity contribution in [1.29, 1.82) is 0 Å². The van der Waals surface area contributed by atoms with E-state index in [2.05, 4.69) is 48.8 Å². The molecule has 0 spiro atoms. The molecule has 1 heterocycles. The first-order chi connectivity index (χ1) is 9.28. The van der Waals surface area contributed by atoms with Gasteiger partial charge in [-0.25, -0.2) is 0 Å². The lowest BCUT2D eigenvalue weighted by atomic mass is 10.2. The van der Waals surface area contributed by atoms with Gasteiger partial charge in [0, 0.05) is 18.0 Å². The van der Waals surface area contributed by atoms with Crippen LogP contribution < -0.4 is 10.1 Å². The van der Waals surface area contributed by atoms with Gasteiger partial charge in [0.15, 0.2) is 0 Å². The number of nitrogens with one attached hydrogen (secondary N) is 1. The smallest absolute Gasteiger partial charge is 0.119 e. The van der Waals surface area contributed by atoms with E-state index in [9.17, 15) is 0 Å². The summed E-state index contributed by atoms with van der Waals surface area (Å²) in [7, 11) is 0. The summed E-state index contributed by atoms with van der Waals surface area (Å²) in [5, 5.41) is 5.56. The van der Waals surface area contributed by atoms with Crippen molar-refractivity contribution in [2.45, 2.75) is 32.9 Å². The second-order valence-electron chi connectivity index (χ2n) is 4.67. The summed E-state index contributed by atoms with van der Waals surface area (Å²) in [6.07, 6.45) is 1.23. The van der Waals surface area contributed by atoms with Gasteiger partial charge in [-0.3, -0.25) is 0 Å². The molecule has 102 valence electrons. The summed E-state index contributed by atoms with van der Waals surface area (Å²) >= 11 is 1.78. The first-order valence-corrected chi connectivity index (χ1v) is 7.62. The summed E-state index contributed by atoms with van der Waals surface area (Å²) < 4.78 is 5.98. The molecule has 1 aromatic heterocycles. The summed E-state index contributed by atoms with van der Waals surface area (Å²) in [5.41, 5.74) is 1.26. The van der Waals surface area contributed by atoms with Crippen LogP contribution in [0, 0.1) is 6.92 Å². The minimum absolute atomic E-state index is 0.225. The number of hydrogen-bond acceptors (Lipinski definition) is 3. The molecule has 0 aliphatic heterocycles. The van der Waals surface area contributed by atoms with Gasteiger partial charge in [-0.1, -0.05) is 30.7 Å². The van der Waals surface area contributed by atoms with Crippen LogP contribution in [0.5, 0.6) is 5.75 Å². The second kappa shape index (κ2) is 7.31. The largest absolute Gasteiger partial charge is 0.489 e. The lowest BCUT2D eigenvalue weighted by Crippen LogP contribution is -2.30. The molecular formula is C16H21NOS. The third-order valence-corrected chi connectivity index (χ3v) is 3.91. The van der Waals surface area contributed by atoms with E-state index in [4.69, 9.17) is 4.74 Å². The summed E-state index contributed by atoms with van der Waals surface area (Å²) in [6.45, 7) is 6.04. The van der Waals surface area contributed by atoms with E-state index < -0.39 is 0 Å². The molecule has 0 bridgehead atoms. The van der Waals surface area contributed by atoms with Crippen LogP contribution in [0.15, 0.2) is 41.8 Å². The number of rotatable bonds is 7. The third-order valence-electron chi connectivity index (χ3n) is 3.03. The van der Waals surface area contributed by atoms with E-state index in [-0.39, 0.29) is 6.10 Å². The van der Waals surface area contributed by atoms with E-state index in [0.29, 0.717) is 0 Å². The Morgan fingerprint density at radius 1 is 1.21 bits per heavy atom. The van der Waals surface area contributed by atoms with E-state index in [1.54, 1.807) is 11.3 Å². The first-order valence-electron chi connectivity index (χ1n) is 6.74. The first kappa shape index (κ1) is 14.1. The topological polar surface area (TPSA) is 21.3 Å². The Morgan fingerprint density at radius 3 is 2.63 bits per heavy atom. The van der Waals surface area contributed by atoms with E-state index in [1.165, 1.54) is 10.4 Å². The molecule has 2 aromatic rings. The van der Waals surface area contributed by atoms with Crippen LogP contribution in [0.3, 0.4) is 0 Å². The minimum Gasteiger partial charge on any atom is -0.489 e. The lowest BCUT2D eigenvalue weighted by Gasteiger charge is -2.18. The van der Waals surface area contributed by atoms with Crippen molar-refractivity contribution in [2.75, 3.05) is 6.54 Å². The van der Waals surface area contributed by atoms with Gasteiger partial charge in [0.2, 0.25) is 0 Å². The predicted molar refractivity (Wildman–Crippen MR) is 81.9 cm³/mol. The fourth-order valence-corrected chi connectivity index (χ4v) is 2.52. The van der Waals surface area contributed by atoms with Gasteiger partial charge in [-0.2, -0.15) is 0 Å². The standard InChI is InChI=1S/C16H21NOS/c1-3-14(11-17-12-16-5-4-10-19-16)18-15-8-6-13(2)7-9-15/h4-10,14,17H,3,11-12H2,1-2H3. The van der Waals surface area contributed by atoms with Gasteiger partial charge in [0.05, 0.1) is 0 Å². The van der Waals surface area contributed by atoms with Crippen molar-refractivity contribution in [2.24, 2.45) is 0 Å². The average molecular weight is 275 g/mol. The minimum atomic E-state index is 0.225. The molecule has 19 heavy (non-hydrogen) atoms. The zero-order valence-electron chi connectivity index (χ0n) is 11.6. The molecule has 1 atom stereocenters. The van der Waals surface area contributed by atoms with Crippen molar-refractivity contribution >= 4 is 11.3 Å². The van der Waals surface area contributed by atoms with Gasteiger partial charge < -0.3 is 10.1 Å². The number of ether oxygens (including phenoxy) is 1. The maximum absolute atomic E-state index is 5.98. The number of thiophene rings is 1. The molecule has 2 nitrogen and oxygen atoms in total. The Labute approximate surface area is 119 Å². The SMILES string of the molecule is CCC(CNCc1cccs1)Oc1ccc(C)cc1. The molecule has 1 N–H and O–H groups in total. The molecule has 2 rings (SSSR count). The molecule has 0 saturated heterocycles. The summed E-state index contributed by atoms with van der Waals surface area (Å²) in [6, 6.07) is 12.5. The van der Waals surface area contributed by atoms with Crippen molar-refractivity contribution in [1.82, 2.24) is 5.32 Å². The van der Waals surface area contributed by atoms with Crippen molar-refractivity contribution in [3.05, 3.63) is 52.2 Å². The maximum atomic E-state index is 5.98. The van der Waals surface area contributed by atoms with Crippen LogP contribution >= 0.6 is 11.3 Å². The lowest BCUT2D eigenvalue weighted by molar-refractivity contribution is 0.193. The van der Waals surface area contributed by atoms with E-state index in [0.717, 1.165) is 25.3 Å². The molecule has 1 unspecified atom stereocenters. The van der Waals surface area contributed by atoms with E-state index >= 15 is 0 Å². The molecule has 0 fully saturated rings. The Bertz CT molecular complexity index is 464. The predicted octanol–water partition coefficient (Wildman–Crippen LogP) is 4.00. The molecule has 3 heteroatoms. The van der Waals surface area contributed by atoms with Crippen LogP contribution in [-0.4, -0.2) is 12.6 Å².